The van der Waals surface area contributed by atoms with Crippen LogP contribution in [0.4, 0.5) is 4.39 Å². The number of hydrogen-bond donors (Lipinski definition) is 2. The Labute approximate surface area is 108 Å². The second kappa shape index (κ2) is 6.86. The second-order valence-corrected chi connectivity index (χ2v) is 5.17. The Kier molecular flexibility index (Phi) is 5.76. The van der Waals surface area contributed by atoms with Crippen LogP contribution >= 0.6 is 0 Å². The monoisotopic (exact) mass is 254 g/mol. The summed E-state index contributed by atoms with van der Waals surface area (Å²) in [4.78, 5) is 0. The first-order chi connectivity index (χ1) is 8.59. The van der Waals surface area contributed by atoms with Crippen molar-refractivity contribution in [1.82, 2.24) is 0 Å². The van der Waals surface area contributed by atoms with Gasteiger partial charge in [-0.1, -0.05) is 44.9 Å². The Balaban J connectivity index is 3.03. The highest BCUT2D eigenvalue weighted by Crippen LogP contribution is 2.33. The minimum Gasteiger partial charge on any atom is -0.395 e. The van der Waals surface area contributed by atoms with Crippen molar-refractivity contribution >= 4 is 0 Å². The maximum atomic E-state index is 13.9. The van der Waals surface area contributed by atoms with Crippen molar-refractivity contribution in [2.24, 2.45) is 5.92 Å². The third kappa shape index (κ3) is 3.30. The highest BCUT2D eigenvalue weighted by molar-refractivity contribution is 5.27. The van der Waals surface area contributed by atoms with Crippen LogP contribution < -0.4 is 0 Å². The van der Waals surface area contributed by atoms with E-state index in [1.165, 1.54) is 6.07 Å². The lowest BCUT2D eigenvalue weighted by molar-refractivity contribution is 0.0929. The minimum atomic E-state index is -0.875. The van der Waals surface area contributed by atoms with Gasteiger partial charge in [0.1, 0.15) is 5.82 Å². The van der Waals surface area contributed by atoms with Crippen LogP contribution in [-0.4, -0.2) is 23.4 Å². The number of hydrogen-bond acceptors (Lipinski definition) is 2. The molecule has 0 aliphatic rings. The van der Waals surface area contributed by atoms with Gasteiger partial charge in [0.15, 0.2) is 0 Å². The van der Waals surface area contributed by atoms with Crippen molar-refractivity contribution < 1.29 is 14.6 Å². The van der Waals surface area contributed by atoms with Crippen LogP contribution in [0, 0.1) is 11.7 Å². The third-order valence-corrected chi connectivity index (χ3v) is 3.57. The molecule has 2 nitrogen and oxygen atoms in total. The highest BCUT2D eigenvalue weighted by atomic mass is 19.1. The standard InChI is InChI=1S/C15H23FO2/c1-3-6-12(2)9-15(10-17,11-18)13-7-4-5-8-14(13)16/h4-5,7-8,12,17-18H,3,6,9-11H2,1-2H3. The molecule has 102 valence electrons. The molecule has 0 aliphatic carbocycles. The van der Waals surface area contributed by atoms with E-state index in [1.807, 2.05) is 0 Å². The van der Waals surface area contributed by atoms with Crippen LogP contribution in [0.1, 0.15) is 38.7 Å². The summed E-state index contributed by atoms with van der Waals surface area (Å²) in [5, 5.41) is 19.3. The Morgan fingerprint density at radius 2 is 1.83 bits per heavy atom. The summed E-state index contributed by atoms with van der Waals surface area (Å²) < 4.78 is 13.9. The number of rotatable bonds is 7. The molecule has 0 spiro atoms. The predicted molar refractivity (Wildman–Crippen MR) is 70.9 cm³/mol. The summed E-state index contributed by atoms with van der Waals surface area (Å²) in [6, 6.07) is 6.39. The third-order valence-electron chi connectivity index (χ3n) is 3.57. The molecule has 0 aromatic heterocycles. The minimum absolute atomic E-state index is 0.238. The Bertz CT molecular complexity index is 361. The average Bonchev–Trinajstić information content (AvgIpc) is 2.37. The summed E-state index contributed by atoms with van der Waals surface area (Å²) in [5.74, 6) is -0.0156. The lowest BCUT2D eigenvalue weighted by Gasteiger charge is -2.33. The smallest absolute Gasteiger partial charge is 0.127 e. The van der Waals surface area contributed by atoms with Crippen molar-refractivity contribution in [1.29, 1.82) is 0 Å². The van der Waals surface area contributed by atoms with Gasteiger partial charge in [0.2, 0.25) is 0 Å². The number of halogens is 1. The van der Waals surface area contributed by atoms with E-state index in [9.17, 15) is 14.6 Å². The molecule has 1 unspecified atom stereocenters. The first kappa shape index (κ1) is 15.1. The molecule has 1 atom stereocenters. The zero-order valence-electron chi connectivity index (χ0n) is 11.2. The predicted octanol–water partition coefficient (Wildman–Crippen LogP) is 2.87. The van der Waals surface area contributed by atoms with Crippen molar-refractivity contribution in [3.63, 3.8) is 0 Å². The van der Waals surface area contributed by atoms with Crippen molar-refractivity contribution in [2.45, 2.75) is 38.5 Å². The van der Waals surface area contributed by atoms with Crippen molar-refractivity contribution in [2.75, 3.05) is 13.2 Å². The molecular formula is C15H23FO2. The van der Waals surface area contributed by atoms with Crippen molar-refractivity contribution in [3.8, 4) is 0 Å². The van der Waals surface area contributed by atoms with Crippen LogP contribution in [0.15, 0.2) is 24.3 Å². The van der Waals surface area contributed by atoms with E-state index in [1.54, 1.807) is 18.2 Å². The normalized spacial score (nSPS) is 13.6. The van der Waals surface area contributed by atoms with Crippen LogP contribution in [0.25, 0.3) is 0 Å². The van der Waals surface area contributed by atoms with Gasteiger partial charge in [-0.3, -0.25) is 0 Å². The topological polar surface area (TPSA) is 40.5 Å². The Morgan fingerprint density at radius 1 is 1.22 bits per heavy atom. The van der Waals surface area contributed by atoms with E-state index < -0.39 is 5.41 Å². The molecule has 1 aromatic rings. The summed E-state index contributed by atoms with van der Waals surface area (Å²) in [6.07, 6.45) is 2.65. The summed E-state index contributed by atoms with van der Waals surface area (Å²) >= 11 is 0. The summed E-state index contributed by atoms with van der Waals surface area (Å²) in [5.41, 5.74) is -0.460. The average molecular weight is 254 g/mol. The number of benzene rings is 1. The van der Waals surface area contributed by atoms with Gasteiger partial charge in [-0.2, -0.15) is 0 Å². The summed E-state index contributed by atoms with van der Waals surface area (Å²) in [7, 11) is 0. The molecule has 1 rings (SSSR count). The molecule has 0 bridgehead atoms. The molecule has 0 radical (unpaired) electrons. The maximum Gasteiger partial charge on any atom is 0.127 e. The van der Waals surface area contributed by atoms with Gasteiger partial charge in [0.05, 0.1) is 13.2 Å². The number of aliphatic hydroxyl groups excluding tert-OH is 2. The fraction of sp³-hybridized carbons (Fsp3) is 0.600. The van der Waals surface area contributed by atoms with Crippen LogP contribution in [0.5, 0.6) is 0 Å². The zero-order valence-corrected chi connectivity index (χ0v) is 11.2. The molecule has 0 heterocycles. The van der Waals surface area contributed by atoms with Gasteiger partial charge in [0.25, 0.3) is 0 Å². The van der Waals surface area contributed by atoms with Gasteiger partial charge >= 0.3 is 0 Å². The fourth-order valence-corrected chi connectivity index (χ4v) is 2.61. The zero-order chi connectivity index (χ0) is 13.6. The molecule has 0 amide bonds. The molecule has 0 saturated heterocycles. The molecular weight excluding hydrogens is 231 g/mol. The van der Waals surface area contributed by atoms with Gasteiger partial charge < -0.3 is 10.2 Å². The van der Waals surface area contributed by atoms with Gasteiger partial charge in [-0.05, 0) is 24.0 Å². The van der Waals surface area contributed by atoms with Gasteiger partial charge in [0, 0.05) is 5.41 Å². The summed E-state index contributed by atoms with van der Waals surface area (Å²) in [6.45, 7) is 3.70. The molecule has 0 fully saturated rings. The highest BCUT2D eigenvalue weighted by Gasteiger charge is 2.34. The van der Waals surface area contributed by atoms with Crippen LogP contribution in [-0.2, 0) is 5.41 Å². The fourth-order valence-electron chi connectivity index (χ4n) is 2.61. The largest absolute Gasteiger partial charge is 0.395 e. The lowest BCUT2D eigenvalue weighted by atomic mass is 9.74. The van der Waals surface area contributed by atoms with E-state index in [0.29, 0.717) is 17.9 Å². The van der Waals surface area contributed by atoms with Gasteiger partial charge in [-0.25, -0.2) is 4.39 Å². The second-order valence-electron chi connectivity index (χ2n) is 5.17. The van der Waals surface area contributed by atoms with Gasteiger partial charge in [-0.15, -0.1) is 0 Å². The van der Waals surface area contributed by atoms with E-state index in [-0.39, 0.29) is 19.0 Å². The molecule has 3 heteroatoms. The molecule has 18 heavy (non-hydrogen) atoms. The van der Waals surface area contributed by atoms with E-state index in [0.717, 1.165) is 12.8 Å². The quantitative estimate of drug-likeness (QED) is 0.785. The first-order valence-electron chi connectivity index (χ1n) is 6.56. The van der Waals surface area contributed by atoms with E-state index >= 15 is 0 Å². The van der Waals surface area contributed by atoms with E-state index in [2.05, 4.69) is 13.8 Å². The molecule has 1 aromatic carbocycles. The molecule has 0 aliphatic heterocycles. The maximum absolute atomic E-state index is 13.9. The van der Waals surface area contributed by atoms with Crippen molar-refractivity contribution in [3.05, 3.63) is 35.6 Å². The first-order valence-corrected chi connectivity index (χ1v) is 6.56. The van der Waals surface area contributed by atoms with E-state index in [4.69, 9.17) is 0 Å². The lowest BCUT2D eigenvalue weighted by Crippen LogP contribution is -2.37. The van der Waals surface area contributed by atoms with Crippen LogP contribution in [0.3, 0.4) is 0 Å². The Hall–Kier alpha value is -0.930. The molecule has 2 N–H and O–H groups in total. The number of aliphatic hydroxyl groups is 2. The van der Waals surface area contributed by atoms with Crippen LogP contribution in [0.2, 0.25) is 0 Å². The molecule has 0 saturated carbocycles. The Morgan fingerprint density at radius 3 is 2.33 bits per heavy atom. The SMILES string of the molecule is CCCC(C)CC(CO)(CO)c1ccccc1F.